The Morgan fingerprint density at radius 1 is 1.29 bits per heavy atom. The Bertz CT molecular complexity index is 284. The summed E-state index contributed by atoms with van der Waals surface area (Å²) in [5.74, 6) is 0.708. The van der Waals surface area contributed by atoms with Gasteiger partial charge in [0.15, 0.2) is 11.5 Å². The van der Waals surface area contributed by atoms with Gasteiger partial charge in [-0.25, -0.2) is 0 Å². The summed E-state index contributed by atoms with van der Waals surface area (Å²) < 4.78 is 10.2. The summed E-state index contributed by atoms with van der Waals surface area (Å²) in [5.41, 5.74) is 1.15. The Kier molecular flexibility index (Phi) is 4.26. The Morgan fingerprint density at radius 3 is 2.71 bits per heavy atom. The maximum atomic E-state index is 9.46. The molecule has 0 saturated heterocycles. The number of benzene rings is 1. The highest BCUT2D eigenvalue weighted by atomic mass is 16.5. The normalized spacial score (nSPS) is 10.1. The smallest absolute Gasteiger partial charge is 0.161 e. The number of aromatic hydroxyl groups is 1. The zero-order chi connectivity index (χ0) is 10.4. The van der Waals surface area contributed by atoms with Crippen LogP contribution < -0.4 is 4.74 Å². The summed E-state index contributed by atoms with van der Waals surface area (Å²) in [7, 11) is 1.62. The second kappa shape index (κ2) is 5.50. The topological polar surface area (TPSA) is 38.7 Å². The van der Waals surface area contributed by atoms with Gasteiger partial charge in [0.2, 0.25) is 0 Å². The van der Waals surface area contributed by atoms with Crippen molar-refractivity contribution in [2.45, 2.75) is 13.3 Å². The highest BCUT2D eigenvalue weighted by Crippen LogP contribution is 2.26. The third kappa shape index (κ3) is 2.92. The first-order valence-electron chi connectivity index (χ1n) is 4.71. The van der Waals surface area contributed by atoms with Crippen molar-refractivity contribution < 1.29 is 14.6 Å². The van der Waals surface area contributed by atoms with E-state index in [9.17, 15) is 5.11 Å². The van der Waals surface area contributed by atoms with E-state index < -0.39 is 0 Å². The van der Waals surface area contributed by atoms with Crippen molar-refractivity contribution in [2.24, 2.45) is 0 Å². The van der Waals surface area contributed by atoms with Gasteiger partial charge < -0.3 is 14.6 Å². The predicted octanol–water partition coefficient (Wildman–Crippen LogP) is 1.98. The number of phenols is 1. The van der Waals surface area contributed by atoms with Crippen LogP contribution in [0.15, 0.2) is 18.2 Å². The number of hydrogen-bond acceptors (Lipinski definition) is 3. The van der Waals surface area contributed by atoms with Crippen molar-refractivity contribution >= 4 is 0 Å². The summed E-state index contributed by atoms with van der Waals surface area (Å²) in [5, 5.41) is 9.46. The minimum Gasteiger partial charge on any atom is -0.504 e. The zero-order valence-electron chi connectivity index (χ0n) is 8.62. The average Bonchev–Trinajstić information content (AvgIpc) is 2.21. The van der Waals surface area contributed by atoms with E-state index in [0.29, 0.717) is 19.0 Å². The maximum absolute atomic E-state index is 9.46. The number of rotatable bonds is 5. The summed E-state index contributed by atoms with van der Waals surface area (Å²) in [6.45, 7) is 3.04. The van der Waals surface area contributed by atoms with Gasteiger partial charge in [0.1, 0.15) is 6.61 Å². The number of methoxy groups -OCH3 is 1. The Morgan fingerprint density at radius 2 is 2.07 bits per heavy atom. The van der Waals surface area contributed by atoms with E-state index in [1.165, 1.54) is 0 Å². The highest BCUT2D eigenvalue weighted by molar-refractivity contribution is 5.41. The van der Waals surface area contributed by atoms with Crippen LogP contribution in [0.25, 0.3) is 0 Å². The summed E-state index contributed by atoms with van der Waals surface area (Å²) >= 11 is 0. The molecule has 0 aliphatic heterocycles. The number of aryl methyl sites for hydroxylation is 1. The molecule has 0 spiro atoms. The van der Waals surface area contributed by atoms with Crippen molar-refractivity contribution in [3.63, 3.8) is 0 Å². The van der Waals surface area contributed by atoms with Crippen molar-refractivity contribution in [3.8, 4) is 11.5 Å². The molecule has 1 aromatic rings. The van der Waals surface area contributed by atoms with E-state index >= 15 is 0 Å². The SMILES string of the molecule is CCc1ccc(O)c(OCCOC)c1. The lowest BCUT2D eigenvalue weighted by Gasteiger charge is -2.08. The lowest BCUT2D eigenvalue weighted by molar-refractivity contribution is 0.144. The third-order valence-electron chi connectivity index (χ3n) is 1.98. The van der Waals surface area contributed by atoms with E-state index in [2.05, 4.69) is 6.92 Å². The van der Waals surface area contributed by atoms with Gasteiger partial charge in [-0.15, -0.1) is 0 Å². The van der Waals surface area contributed by atoms with E-state index in [-0.39, 0.29) is 5.75 Å². The van der Waals surface area contributed by atoms with Crippen LogP contribution in [-0.2, 0) is 11.2 Å². The molecule has 0 saturated carbocycles. The molecular formula is C11H16O3. The molecule has 0 atom stereocenters. The Balaban J connectivity index is 2.64. The Hall–Kier alpha value is -1.22. The van der Waals surface area contributed by atoms with Crippen LogP contribution in [-0.4, -0.2) is 25.4 Å². The monoisotopic (exact) mass is 196 g/mol. The second-order valence-electron chi connectivity index (χ2n) is 3.00. The molecule has 0 amide bonds. The predicted molar refractivity (Wildman–Crippen MR) is 54.9 cm³/mol. The molecule has 3 heteroatoms. The number of ether oxygens (including phenoxy) is 2. The molecule has 0 aromatic heterocycles. The van der Waals surface area contributed by atoms with Crippen LogP contribution in [0, 0.1) is 0 Å². The summed E-state index contributed by atoms with van der Waals surface area (Å²) in [6.07, 6.45) is 0.931. The van der Waals surface area contributed by atoms with E-state index in [1.54, 1.807) is 13.2 Å². The van der Waals surface area contributed by atoms with Crippen LogP contribution in [0.3, 0.4) is 0 Å². The van der Waals surface area contributed by atoms with E-state index in [4.69, 9.17) is 9.47 Å². The highest BCUT2D eigenvalue weighted by Gasteiger charge is 2.02. The summed E-state index contributed by atoms with van der Waals surface area (Å²) in [6, 6.07) is 5.39. The first kappa shape index (κ1) is 10.9. The van der Waals surface area contributed by atoms with Crippen LogP contribution in [0.5, 0.6) is 11.5 Å². The van der Waals surface area contributed by atoms with Crippen LogP contribution in [0.1, 0.15) is 12.5 Å². The van der Waals surface area contributed by atoms with Crippen LogP contribution in [0.4, 0.5) is 0 Å². The minimum atomic E-state index is 0.179. The first-order valence-corrected chi connectivity index (χ1v) is 4.71. The van der Waals surface area contributed by atoms with Crippen molar-refractivity contribution in [1.29, 1.82) is 0 Å². The molecule has 0 fully saturated rings. The zero-order valence-corrected chi connectivity index (χ0v) is 8.62. The van der Waals surface area contributed by atoms with Crippen molar-refractivity contribution in [1.82, 2.24) is 0 Å². The van der Waals surface area contributed by atoms with Gasteiger partial charge >= 0.3 is 0 Å². The van der Waals surface area contributed by atoms with Gasteiger partial charge in [-0.3, -0.25) is 0 Å². The molecule has 1 aromatic carbocycles. The average molecular weight is 196 g/mol. The van der Waals surface area contributed by atoms with Gasteiger partial charge in [-0.05, 0) is 24.1 Å². The molecular weight excluding hydrogens is 180 g/mol. The summed E-state index contributed by atoms with van der Waals surface area (Å²) in [4.78, 5) is 0. The van der Waals surface area contributed by atoms with Crippen molar-refractivity contribution in [2.75, 3.05) is 20.3 Å². The van der Waals surface area contributed by atoms with E-state index in [0.717, 1.165) is 12.0 Å². The minimum absolute atomic E-state index is 0.179. The first-order chi connectivity index (χ1) is 6.77. The standard InChI is InChI=1S/C11H16O3/c1-3-9-4-5-10(12)11(8-9)14-7-6-13-2/h4-5,8,12H,3,6-7H2,1-2H3. The molecule has 14 heavy (non-hydrogen) atoms. The fourth-order valence-electron chi connectivity index (χ4n) is 1.13. The van der Waals surface area contributed by atoms with E-state index in [1.807, 2.05) is 12.1 Å². The molecule has 0 radical (unpaired) electrons. The third-order valence-corrected chi connectivity index (χ3v) is 1.98. The molecule has 3 nitrogen and oxygen atoms in total. The van der Waals surface area contributed by atoms with Crippen molar-refractivity contribution in [3.05, 3.63) is 23.8 Å². The Labute approximate surface area is 84.3 Å². The molecule has 0 bridgehead atoms. The molecule has 78 valence electrons. The second-order valence-corrected chi connectivity index (χ2v) is 3.00. The largest absolute Gasteiger partial charge is 0.504 e. The molecule has 1 rings (SSSR count). The molecule has 0 aliphatic carbocycles. The maximum Gasteiger partial charge on any atom is 0.161 e. The van der Waals surface area contributed by atoms with Gasteiger partial charge in [-0.2, -0.15) is 0 Å². The number of hydrogen-bond donors (Lipinski definition) is 1. The lowest BCUT2D eigenvalue weighted by Crippen LogP contribution is -2.04. The van der Waals surface area contributed by atoms with Gasteiger partial charge in [0.05, 0.1) is 6.61 Å². The van der Waals surface area contributed by atoms with Gasteiger partial charge in [0, 0.05) is 7.11 Å². The quantitative estimate of drug-likeness (QED) is 0.732. The molecule has 0 aliphatic rings. The van der Waals surface area contributed by atoms with Gasteiger partial charge in [0.25, 0.3) is 0 Å². The molecule has 0 heterocycles. The molecule has 1 N–H and O–H groups in total. The van der Waals surface area contributed by atoms with Crippen LogP contribution >= 0.6 is 0 Å². The molecule has 0 unspecified atom stereocenters. The fraction of sp³-hybridized carbons (Fsp3) is 0.455. The fourth-order valence-corrected chi connectivity index (χ4v) is 1.13. The lowest BCUT2D eigenvalue weighted by atomic mass is 10.1. The number of phenolic OH excluding ortho intramolecular Hbond substituents is 1. The van der Waals surface area contributed by atoms with Crippen LogP contribution in [0.2, 0.25) is 0 Å². The van der Waals surface area contributed by atoms with Gasteiger partial charge in [-0.1, -0.05) is 13.0 Å².